The fraction of sp³-hybridized carbons (Fsp3) is 0.200. The van der Waals surface area contributed by atoms with E-state index in [9.17, 15) is 13.2 Å². The SMILES string of the molecule is Nc1cc(-c2ccc3c(c2)OCCO3)cc(C(F)(F)F)c1. The fourth-order valence-electron chi connectivity index (χ4n) is 2.20. The summed E-state index contributed by atoms with van der Waals surface area (Å²) < 4.78 is 49.3. The lowest BCUT2D eigenvalue weighted by molar-refractivity contribution is -0.137. The number of fused-ring (bicyclic) bond motifs is 1. The Morgan fingerprint density at radius 2 is 1.57 bits per heavy atom. The lowest BCUT2D eigenvalue weighted by Gasteiger charge is -2.19. The quantitative estimate of drug-likeness (QED) is 0.815. The number of ether oxygens (including phenoxy) is 2. The molecule has 1 aliphatic rings. The first-order chi connectivity index (χ1) is 9.93. The van der Waals surface area contributed by atoms with Gasteiger partial charge in [-0.15, -0.1) is 0 Å². The van der Waals surface area contributed by atoms with Crippen LogP contribution in [0.3, 0.4) is 0 Å². The van der Waals surface area contributed by atoms with E-state index < -0.39 is 11.7 Å². The van der Waals surface area contributed by atoms with Gasteiger partial charge in [-0.25, -0.2) is 0 Å². The molecule has 0 saturated carbocycles. The van der Waals surface area contributed by atoms with Crippen LogP contribution in [0.5, 0.6) is 11.5 Å². The van der Waals surface area contributed by atoms with Crippen molar-refractivity contribution in [3.05, 3.63) is 42.0 Å². The molecule has 1 aliphatic heterocycles. The van der Waals surface area contributed by atoms with E-state index in [1.54, 1.807) is 18.2 Å². The van der Waals surface area contributed by atoms with Gasteiger partial charge in [0.25, 0.3) is 0 Å². The van der Waals surface area contributed by atoms with Crippen LogP contribution in [0.4, 0.5) is 18.9 Å². The van der Waals surface area contributed by atoms with Crippen LogP contribution >= 0.6 is 0 Å². The van der Waals surface area contributed by atoms with Crippen LogP contribution in [0.15, 0.2) is 36.4 Å². The molecule has 0 radical (unpaired) electrons. The number of anilines is 1. The third-order valence-corrected chi connectivity index (χ3v) is 3.16. The highest BCUT2D eigenvalue weighted by Gasteiger charge is 2.31. The zero-order chi connectivity index (χ0) is 15.0. The smallest absolute Gasteiger partial charge is 0.416 e. The molecular weight excluding hydrogens is 283 g/mol. The van der Waals surface area contributed by atoms with Gasteiger partial charge in [0.15, 0.2) is 11.5 Å². The number of alkyl halides is 3. The molecule has 0 amide bonds. The van der Waals surface area contributed by atoms with Crippen molar-refractivity contribution in [3.63, 3.8) is 0 Å². The molecule has 21 heavy (non-hydrogen) atoms. The first-order valence-electron chi connectivity index (χ1n) is 6.31. The highest BCUT2D eigenvalue weighted by atomic mass is 19.4. The van der Waals surface area contributed by atoms with Crippen molar-refractivity contribution < 1.29 is 22.6 Å². The molecule has 1 heterocycles. The van der Waals surface area contributed by atoms with Crippen LogP contribution in [0.1, 0.15) is 5.56 Å². The molecule has 0 fully saturated rings. The van der Waals surface area contributed by atoms with Crippen molar-refractivity contribution in [1.82, 2.24) is 0 Å². The number of benzene rings is 2. The third-order valence-electron chi connectivity index (χ3n) is 3.16. The lowest BCUT2D eigenvalue weighted by Crippen LogP contribution is -2.15. The summed E-state index contributed by atoms with van der Waals surface area (Å²) in [6, 6.07) is 8.51. The molecule has 2 N–H and O–H groups in total. The second-order valence-electron chi connectivity index (χ2n) is 4.70. The van der Waals surface area contributed by atoms with Crippen molar-refractivity contribution in [3.8, 4) is 22.6 Å². The van der Waals surface area contributed by atoms with Crippen LogP contribution in [0.2, 0.25) is 0 Å². The topological polar surface area (TPSA) is 44.5 Å². The fourth-order valence-corrected chi connectivity index (χ4v) is 2.20. The molecule has 3 rings (SSSR count). The van der Waals surface area contributed by atoms with Crippen molar-refractivity contribution >= 4 is 5.69 Å². The van der Waals surface area contributed by atoms with Gasteiger partial charge >= 0.3 is 6.18 Å². The number of rotatable bonds is 1. The number of hydrogen-bond acceptors (Lipinski definition) is 3. The van der Waals surface area contributed by atoms with Gasteiger partial charge in [0.1, 0.15) is 13.2 Å². The third kappa shape index (κ3) is 2.74. The summed E-state index contributed by atoms with van der Waals surface area (Å²) in [4.78, 5) is 0. The largest absolute Gasteiger partial charge is 0.486 e. The minimum absolute atomic E-state index is 0.0646. The predicted molar refractivity (Wildman–Crippen MR) is 72.3 cm³/mol. The predicted octanol–water partition coefficient (Wildman–Crippen LogP) is 3.73. The zero-order valence-corrected chi connectivity index (χ0v) is 10.9. The van der Waals surface area contributed by atoms with E-state index in [1.807, 2.05) is 0 Å². The van der Waals surface area contributed by atoms with Gasteiger partial charge in [-0.05, 0) is 41.5 Å². The molecule has 6 heteroatoms. The Morgan fingerprint density at radius 3 is 2.29 bits per heavy atom. The summed E-state index contributed by atoms with van der Waals surface area (Å²) in [5, 5.41) is 0. The summed E-state index contributed by atoms with van der Waals surface area (Å²) in [6.07, 6.45) is -4.43. The molecule has 0 unspecified atom stereocenters. The number of hydrogen-bond donors (Lipinski definition) is 1. The maximum absolute atomic E-state index is 12.8. The molecule has 2 aromatic rings. The lowest BCUT2D eigenvalue weighted by atomic mass is 10.0. The number of halogens is 3. The van der Waals surface area contributed by atoms with Crippen molar-refractivity contribution in [1.29, 1.82) is 0 Å². The van der Waals surface area contributed by atoms with Crippen molar-refractivity contribution in [2.75, 3.05) is 18.9 Å². The molecule has 2 aromatic carbocycles. The monoisotopic (exact) mass is 295 g/mol. The van der Waals surface area contributed by atoms with E-state index in [-0.39, 0.29) is 5.69 Å². The van der Waals surface area contributed by atoms with Gasteiger partial charge in [-0.2, -0.15) is 13.2 Å². The Kier molecular flexibility index (Phi) is 3.16. The summed E-state index contributed by atoms with van der Waals surface area (Å²) in [5.74, 6) is 1.11. The summed E-state index contributed by atoms with van der Waals surface area (Å²) >= 11 is 0. The Labute approximate surface area is 119 Å². The van der Waals surface area contributed by atoms with E-state index in [2.05, 4.69) is 0 Å². The molecular formula is C15H12F3NO2. The standard InChI is InChI=1S/C15H12F3NO2/c16-15(17,18)11-5-10(6-12(19)8-11)9-1-2-13-14(7-9)21-4-3-20-13/h1-2,5-8H,3-4,19H2. The molecule has 0 bridgehead atoms. The van der Waals surface area contributed by atoms with E-state index in [4.69, 9.17) is 15.2 Å². The van der Waals surface area contributed by atoms with Gasteiger partial charge in [-0.1, -0.05) is 6.07 Å². The van der Waals surface area contributed by atoms with Gasteiger partial charge < -0.3 is 15.2 Å². The Hall–Kier alpha value is -2.37. The van der Waals surface area contributed by atoms with Gasteiger partial charge in [0.2, 0.25) is 0 Å². The molecule has 0 atom stereocenters. The Morgan fingerprint density at radius 1 is 0.857 bits per heavy atom. The molecule has 110 valence electrons. The van der Waals surface area contributed by atoms with E-state index in [0.29, 0.717) is 35.8 Å². The highest BCUT2D eigenvalue weighted by Crippen LogP contribution is 2.37. The second-order valence-corrected chi connectivity index (χ2v) is 4.70. The zero-order valence-electron chi connectivity index (χ0n) is 10.9. The highest BCUT2D eigenvalue weighted by molar-refractivity contribution is 5.71. The van der Waals surface area contributed by atoms with E-state index in [0.717, 1.165) is 12.1 Å². The normalized spacial score (nSPS) is 14.0. The van der Waals surface area contributed by atoms with Crippen LogP contribution in [-0.4, -0.2) is 13.2 Å². The maximum Gasteiger partial charge on any atom is 0.416 e. The second kappa shape index (κ2) is 4.87. The average Bonchev–Trinajstić information content (AvgIpc) is 2.45. The Balaban J connectivity index is 2.06. The summed E-state index contributed by atoms with van der Waals surface area (Å²) in [7, 11) is 0. The van der Waals surface area contributed by atoms with Crippen molar-refractivity contribution in [2.45, 2.75) is 6.18 Å². The number of nitrogens with two attached hydrogens (primary N) is 1. The minimum atomic E-state index is -4.43. The van der Waals surface area contributed by atoms with Crippen LogP contribution in [0, 0.1) is 0 Å². The van der Waals surface area contributed by atoms with Gasteiger partial charge in [-0.3, -0.25) is 0 Å². The average molecular weight is 295 g/mol. The first kappa shape index (κ1) is 13.6. The van der Waals surface area contributed by atoms with E-state index >= 15 is 0 Å². The van der Waals surface area contributed by atoms with Gasteiger partial charge in [0, 0.05) is 5.69 Å². The summed E-state index contributed by atoms with van der Waals surface area (Å²) in [5.41, 5.74) is 5.85. The minimum Gasteiger partial charge on any atom is -0.486 e. The molecule has 0 spiro atoms. The van der Waals surface area contributed by atoms with Crippen molar-refractivity contribution in [2.24, 2.45) is 0 Å². The molecule has 0 aliphatic carbocycles. The van der Waals surface area contributed by atoms with Gasteiger partial charge in [0.05, 0.1) is 5.56 Å². The van der Waals surface area contributed by atoms with Crippen LogP contribution in [-0.2, 0) is 6.18 Å². The maximum atomic E-state index is 12.8. The first-order valence-corrected chi connectivity index (χ1v) is 6.31. The van der Waals surface area contributed by atoms with Crippen LogP contribution < -0.4 is 15.2 Å². The molecule has 0 aromatic heterocycles. The summed E-state index contributed by atoms with van der Waals surface area (Å²) in [6.45, 7) is 0.879. The molecule has 0 saturated heterocycles. The number of nitrogen functional groups attached to an aromatic ring is 1. The van der Waals surface area contributed by atoms with E-state index in [1.165, 1.54) is 6.07 Å². The van der Waals surface area contributed by atoms with Crippen LogP contribution in [0.25, 0.3) is 11.1 Å². The Bertz CT molecular complexity index is 683. The molecule has 3 nitrogen and oxygen atoms in total.